The minimum Gasteiger partial charge on any atom is -0.369 e. The highest BCUT2D eigenvalue weighted by Crippen LogP contribution is 2.30. The number of nitrogens with one attached hydrogen (secondary N) is 1. The van der Waals surface area contributed by atoms with Crippen molar-refractivity contribution in [1.82, 2.24) is 20.0 Å². The zero-order valence-corrected chi connectivity index (χ0v) is 16.2. The van der Waals surface area contributed by atoms with Crippen LogP contribution in [-0.4, -0.2) is 52.7 Å². The number of nitrogens with zero attached hydrogens (tertiary/aromatic N) is 3. The Morgan fingerprint density at radius 1 is 1.37 bits per heavy atom. The van der Waals surface area contributed by atoms with Crippen LogP contribution in [0.1, 0.15) is 27.5 Å². The summed E-state index contributed by atoms with van der Waals surface area (Å²) in [7, 11) is 1.50. The molecule has 1 aromatic heterocycles. The van der Waals surface area contributed by atoms with Gasteiger partial charge in [-0.15, -0.1) is 0 Å². The van der Waals surface area contributed by atoms with Gasteiger partial charge in [-0.25, -0.2) is 0 Å². The third kappa shape index (κ3) is 4.70. The van der Waals surface area contributed by atoms with Crippen LogP contribution in [0.2, 0.25) is 0 Å². The van der Waals surface area contributed by atoms with Crippen LogP contribution in [0.5, 0.6) is 0 Å². The van der Waals surface area contributed by atoms with Gasteiger partial charge < -0.3 is 15.0 Å². The summed E-state index contributed by atoms with van der Waals surface area (Å²) in [5.74, 6) is -0.594. The predicted molar refractivity (Wildman–Crippen MR) is 101 cm³/mol. The summed E-state index contributed by atoms with van der Waals surface area (Å²) in [6, 6.07) is 4.50. The number of carbonyl (C=O) groups excluding carboxylic acids is 2. The van der Waals surface area contributed by atoms with E-state index in [1.807, 2.05) is 0 Å². The fraction of sp³-hybridized carbons (Fsp3) is 0.350. The molecule has 1 N–H and O–H groups in total. The van der Waals surface area contributed by atoms with Gasteiger partial charge in [-0.2, -0.15) is 18.3 Å². The van der Waals surface area contributed by atoms with E-state index >= 15 is 0 Å². The van der Waals surface area contributed by atoms with Gasteiger partial charge in [-0.1, -0.05) is 18.7 Å². The molecule has 0 bridgehead atoms. The number of hydrogen-bond acceptors (Lipinski definition) is 4. The van der Waals surface area contributed by atoms with Gasteiger partial charge in [0.25, 0.3) is 5.91 Å². The average molecular weight is 422 g/mol. The molecule has 2 aromatic rings. The zero-order valence-electron chi connectivity index (χ0n) is 16.2. The van der Waals surface area contributed by atoms with E-state index in [0.29, 0.717) is 11.1 Å². The molecule has 0 saturated carbocycles. The highest BCUT2D eigenvalue weighted by molar-refractivity contribution is 5.93. The topological polar surface area (TPSA) is 76.5 Å². The van der Waals surface area contributed by atoms with Gasteiger partial charge in [0, 0.05) is 26.3 Å². The van der Waals surface area contributed by atoms with E-state index in [-0.39, 0.29) is 31.5 Å². The van der Waals surface area contributed by atoms with Crippen LogP contribution in [0, 0.1) is 0 Å². The number of benzene rings is 1. The van der Waals surface area contributed by atoms with Crippen molar-refractivity contribution in [2.75, 3.05) is 20.1 Å². The highest BCUT2D eigenvalue weighted by atomic mass is 19.4. The van der Waals surface area contributed by atoms with Crippen molar-refractivity contribution in [2.24, 2.45) is 0 Å². The Bertz CT molecular complexity index is 941. The van der Waals surface area contributed by atoms with Crippen molar-refractivity contribution < 1.29 is 27.5 Å². The Labute approximate surface area is 171 Å². The van der Waals surface area contributed by atoms with Crippen LogP contribution in [0.3, 0.4) is 0 Å². The minimum absolute atomic E-state index is 0.0647. The Morgan fingerprint density at radius 3 is 2.80 bits per heavy atom. The molecule has 2 amide bonds. The number of rotatable bonds is 6. The molecule has 2 heterocycles. The third-order valence-electron chi connectivity index (χ3n) is 4.87. The molecule has 0 unspecified atom stereocenters. The Hall–Kier alpha value is -3.14. The first-order valence-electron chi connectivity index (χ1n) is 9.18. The number of aromatic nitrogens is 2. The van der Waals surface area contributed by atoms with Crippen molar-refractivity contribution in [3.8, 4) is 0 Å². The summed E-state index contributed by atoms with van der Waals surface area (Å²) in [6.45, 7) is 3.91. The first-order chi connectivity index (χ1) is 14.2. The molecule has 2 atom stereocenters. The lowest BCUT2D eigenvalue weighted by Gasteiger charge is -2.19. The number of amides is 2. The maximum atomic E-state index is 12.9. The van der Waals surface area contributed by atoms with E-state index in [0.717, 1.165) is 12.1 Å². The van der Waals surface area contributed by atoms with Gasteiger partial charge >= 0.3 is 6.18 Å². The van der Waals surface area contributed by atoms with Crippen molar-refractivity contribution in [3.63, 3.8) is 0 Å². The number of alkyl halides is 3. The molecule has 30 heavy (non-hydrogen) atoms. The fourth-order valence-electron chi connectivity index (χ4n) is 3.31. The summed E-state index contributed by atoms with van der Waals surface area (Å²) < 4.78 is 46.2. The van der Waals surface area contributed by atoms with E-state index in [1.54, 1.807) is 12.3 Å². The molecule has 0 aliphatic carbocycles. The molecular weight excluding hydrogens is 401 g/mol. The second kappa shape index (κ2) is 8.70. The van der Waals surface area contributed by atoms with Gasteiger partial charge in [0.1, 0.15) is 0 Å². The zero-order chi connectivity index (χ0) is 21.9. The molecule has 1 saturated heterocycles. The molecule has 1 aliphatic heterocycles. The molecule has 1 aliphatic rings. The number of likely N-dealkylation sites (tertiary alicyclic amines) is 1. The highest BCUT2D eigenvalue weighted by Gasteiger charge is 2.37. The van der Waals surface area contributed by atoms with E-state index < -0.39 is 23.9 Å². The van der Waals surface area contributed by atoms with Gasteiger partial charge in [-0.3, -0.25) is 14.3 Å². The maximum absolute atomic E-state index is 12.9. The SMILES string of the molecule is C=CC(=O)N1C[C@@H](n2cc(C(=O)NC)cn2)[C@H](OCc2cccc(C(F)(F)F)c2)C1. The summed E-state index contributed by atoms with van der Waals surface area (Å²) in [5.41, 5.74) is -0.0384. The van der Waals surface area contributed by atoms with Gasteiger partial charge in [-0.05, 0) is 23.8 Å². The molecule has 10 heteroatoms. The van der Waals surface area contributed by atoms with Gasteiger partial charge in [0.15, 0.2) is 0 Å². The first kappa shape index (κ1) is 21.6. The standard InChI is InChI=1S/C20H21F3N4O3/c1-3-18(28)26-10-16(27-9-14(8-25-27)19(29)24-2)17(11-26)30-12-13-5-4-6-15(7-13)20(21,22)23/h3-9,16-17H,1,10-12H2,2H3,(H,24,29)/t16-,17-/m1/s1. The van der Waals surface area contributed by atoms with Gasteiger partial charge in [0.05, 0.1) is 36.1 Å². The molecular formula is C20H21F3N4O3. The number of ether oxygens (including phenoxy) is 1. The Balaban J connectivity index is 1.78. The van der Waals surface area contributed by atoms with Crippen molar-refractivity contribution in [3.05, 3.63) is 66.0 Å². The lowest BCUT2D eigenvalue weighted by Crippen LogP contribution is -2.28. The van der Waals surface area contributed by atoms with E-state index in [9.17, 15) is 22.8 Å². The number of carbonyl (C=O) groups is 2. The Morgan fingerprint density at radius 2 is 2.13 bits per heavy atom. The van der Waals surface area contributed by atoms with Crippen LogP contribution in [0.4, 0.5) is 13.2 Å². The summed E-state index contributed by atoms with van der Waals surface area (Å²) in [4.78, 5) is 25.4. The van der Waals surface area contributed by atoms with Crippen LogP contribution >= 0.6 is 0 Å². The van der Waals surface area contributed by atoms with Crippen molar-refractivity contribution >= 4 is 11.8 Å². The Kier molecular flexibility index (Phi) is 6.25. The van der Waals surface area contributed by atoms with E-state index in [2.05, 4.69) is 17.0 Å². The lowest BCUT2D eigenvalue weighted by molar-refractivity contribution is -0.137. The molecule has 3 rings (SSSR count). The quantitative estimate of drug-likeness (QED) is 0.726. The monoisotopic (exact) mass is 422 g/mol. The van der Waals surface area contributed by atoms with Crippen molar-refractivity contribution in [2.45, 2.75) is 24.9 Å². The fourth-order valence-corrected chi connectivity index (χ4v) is 3.31. The van der Waals surface area contributed by atoms with Crippen LogP contribution < -0.4 is 5.32 Å². The minimum atomic E-state index is -4.44. The van der Waals surface area contributed by atoms with Crippen LogP contribution in [0.25, 0.3) is 0 Å². The molecule has 0 spiro atoms. The third-order valence-corrected chi connectivity index (χ3v) is 4.87. The first-order valence-corrected chi connectivity index (χ1v) is 9.18. The molecule has 160 valence electrons. The van der Waals surface area contributed by atoms with Crippen molar-refractivity contribution in [1.29, 1.82) is 0 Å². The van der Waals surface area contributed by atoms with E-state index in [1.165, 1.54) is 35.0 Å². The van der Waals surface area contributed by atoms with E-state index in [4.69, 9.17) is 4.74 Å². The summed E-state index contributed by atoms with van der Waals surface area (Å²) in [5, 5.41) is 6.71. The maximum Gasteiger partial charge on any atom is 0.416 e. The predicted octanol–water partition coefficient (Wildman–Crippen LogP) is 2.42. The number of hydrogen-bond donors (Lipinski definition) is 1. The second-order valence-corrected chi connectivity index (χ2v) is 6.85. The molecule has 7 nitrogen and oxygen atoms in total. The van der Waals surface area contributed by atoms with Crippen LogP contribution in [-0.2, 0) is 22.3 Å². The largest absolute Gasteiger partial charge is 0.416 e. The van der Waals surface area contributed by atoms with Crippen LogP contribution in [0.15, 0.2) is 49.3 Å². The summed E-state index contributed by atoms with van der Waals surface area (Å²) >= 11 is 0. The normalized spacial score (nSPS) is 19.0. The number of halogens is 3. The smallest absolute Gasteiger partial charge is 0.369 e. The molecule has 0 radical (unpaired) electrons. The second-order valence-electron chi connectivity index (χ2n) is 6.85. The summed E-state index contributed by atoms with van der Waals surface area (Å²) in [6.07, 6.45) is -0.830. The molecule has 1 aromatic carbocycles. The van der Waals surface area contributed by atoms with Gasteiger partial charge in [0.2, 0.25) is 5.91 Å². The lowest BCUT2D eigenvalue weighted by atomic mass is 10.1. The molecule has 1 fully saturated rings. The average Bonchev–Trinajstić information content (AvgIpc) is 3.38.